The van der Waals surface area contributed by atoms with Crippen LogP contribution in [0.2, 0.25) is 0 Å². The summed E-state index contributed by atoms with van der Waals surface area (Å²) in [6.07, 6.45) is 1.16. The van der Waals surface area contributed by atoms with Crippen LogP contribution in [-0.2, 0) is 32.2 Å². The van der Waals surface area contributed by atoms with Crippen LogP contribution >= 0.6 is 0 Å². The predicted molar refractivity (Wildman–Crippen MR) is 221 cm³/mol. The molecule has 2 saturated heterocycles. The van der Waals surface area contributed by atoms with Gasteiger partial charge in [0.05, 0.1) is 13.2 Å². The lowest BCUT2D eigenvalue weighted by molar-refractivity contribution is -0.145. The van der Waals surface area contributed by atoms with Crippen LogP contribution in [0.15, 0.2) is 75.6 Å². The predicted octanol–water partition coefficient (Wildman–Crippen LogP) is 6.42. The molecule has 59 heavy (non-hydrogen) atoms. The maximum Gasteiger partial charge on any atom is 0.407 e. The van der Waals surface area contributed by atoms with E-state index in [0.717, 1.165) is 41.6 Å². The summed E-state index contributed by atoms with van der Waals surface area (Å²) in [5.74, 6) is 0.458. The van der Waals surface area contributed by atoms with Gasteiger partial charge in [0.2, 0.25) is 30.0 Å². The van der Waals surface area contributed by atoms with E-state index in [-0.39, 0.29) is 35.7 Å². The third-order valence-electron chi connectivity index (χ3n) is 11.3. The number of amides is 3. The Labute approximate surface area is 344 Å². The zero-order valence-electron chi connectivity index (χ0n) is 34.6. The lowest BCUT2D eigenvalue weighted by Crippen LogP contribution is -2.52. The van der Waals surface area contributed by atoms with Crippen LogP contribution in [-0.4, -0.2) is 88.6 Å². The minimum absolute atomic E-state index is 0.0790. The fraction of sp³-hybridized carbons (Fsp3) is 0.477. The number of rotatable bonds is 15. The van der Waals surface area contributed by atoms with Gasteiger partial charge in [0, 0.05) is 39.0 Å². The maximum absolute atomic E-state index is 13.7. The number of aliphatic hydroxyl groups excluding tert-OH is 1. The molecule has 0 saturated carbocycles. The summed E-state index contributed by atoms with van der Waals surface area (Å²) in [7, 11) is 2.66. The number of fused-ring (bicyclic) bond motifs is 2. The highest BCUT2D eigenvalue weighted by Crippen LogP contribution is 2.36. The molecular weight excluding hydrogens is 755 g/mol. The van der Waals surface area contributed by atoms with Gasteiger partial charge in [0.1, 0.15) is 29.2 Å². The average Bonchev–Trinajstić information content (AvgIpc) is 4.06. The molecule has 0 radical (unpaired) electrons. The molecule has 5 aromatic rings. The van der Waals surface area contributed by atoms with Gasteiger partial charge in [-0.2, -0.15) is 0 Å². The second-order valence-electron chi connectivity index (χ2n) is 16.1. The van der Waals surface area contributed by atoms with Crippen molar-refractivity contribution in [3.63, 3.8) is 0 Å². The fourth-order valence-electron chi connectivity index (χ4n) is 8.18. The number of alkyl carbamates (subject to hydrolysis) is 1. The maximum atomic E-state index is 13.7. The Morgan fingerprint density at radius 2 is 1.29 bits per heavy atom. The molecule has 1 unspecified atom stereocenters. The van der Waals surface area contributed by atoms with Gasteiger partial charge in [0.25, 0.3) is 0 Å². The van der Waals surface area contributed by atoms with E-state index in [4.69, 9.17) is 28.3 Å². The van der Waals surface area contributed by atoms with E-state index < -0.39 is 24.6 Å². The van der Waals surface area contributed by atoms with Gasteiger partial charge < -0.3 is 43.4 Å². The van der Waals surface area contributed by atoms with E-state index in [2.05, 4.69) is 27.7 Å². The topological polar surface area (TPSA) is 176 Å². The number of likely N-dealkylation sites (tertiary alicyclic amines) is 2. The first-order valence-corrected chi connectivity index (χ1v) is 20.4. The Kier molecular flexibility index (Phi) is 12.8. The average molecular weight is 810 g/mol. The minimum Gasteiger partial charge on any atom is -0.453 e. The lowest BCUT2D eigenvalue weighted by Gasteiger charge is -2.30. The van der Waals surface area contributed by atoms with E-state index in [0.29, 0.717) is 61.1 Å². The van der Waals surface area contributed by atoms with Crippen molar-refractivity contribution in [1.29, 1.82) is 0 Å². The molecule has 3 N–H and O–H groups in total. The molecular formula is C44H55N7O8. The number of anilines is 1. The van der Waals surface area contributed by atoms with Crippen molar-refractivity contribution in [2.45, 2.75) is 97.0 Å². The molecule has 4 heterocycles. The van der Waals surface area contributed by atoms with Gasteiger partial charge in [-0.1, -0.05) is 58.0 Å². The number of nitrogens with one attached hydrogen (secondary N) is 2. The summed E-state index contributed by atoms with van der Waals surface area (Å²) in [6.45, 7) is 9.92. The third kappa shape index (κ3) is 9.22. The van der Waals surface area contributed by atoms with E-state index in [1.165, 1.54) is 14.2 Å². The molecule has 2 aliphatic heterocycles. The highest BCUT2D eigenvalue weighted by molar-refractivity contribution is 5.86. The molecule has 3 aromatic carbocycles. The lowest BCUT2D eigenvalue weighted by atomic mass is 10.0. The summed E-state index contributed by atoms with van der Waals surface area (Å²) in [6, 6.07) is 20.2. The number of para-hydroxylation sites is 1. The molecule has 314 valence electrons. The molecule has 7 rings (SSSR count). The van der Waals surface area contributed by atoms with Gasteiger partial charge in [-0.05, 0) is 85.0 Å². The van der Waals surface area contributed by atoms with Crippen LogP contribution in [0.25, 0.3) is 22.2 Å². The number of nitrogens with zero attached hydrogens (tertiary/aromatic N) is 5. The fourth-order valence-corrected chi connectivity index (χ4v) is 8.18. The highest BCUT2D eigenvalue weighted by atomic mass is 16.6. The Bertz CT molecular complexity index is 2240. The number of carbonyl (C=O) groups excluding carboxylic acids is 3. The number of aromatic nitrogens is 2. The molecule has 0 aliphatic carbocycles. The van der Waals surface area contributed by atoms with Gasteiger partial charge >= 0.3 is 6.09 Å². The zero-order valence-corrected chi connectivity index (χ0v) is 34.6. The number of carbonyl (C=O) groups is 3. The molecule has 0 bridgehead atoms. The number of benzene rings is 3. The Morgan fingerprint density at radius 3 is 1.76 bits per heavy atom. The number of aliphatic hydroxyl groups is 1. The van der Waals surface area contributed by atoms with Gasteiger partial charge in [-0.15, -0.1) is 0 Å². The minimum atomic E-state index is -1.25. The summed E-state index contributed by atoms with van der Waals surface area (Å²) < 4.78 is 22.3. The van der Waals surface area contributed by atoms with E-state index >= 15 is 0 Å². The summed E-state index contributed by atoms with van der Waals surface area (Å²) in [5, 5.41) is 15.7. The Morgan fingerprint density at radius 1 is 0.780 bits per heavy atom. The van der Waals surface area contributed by atoms with Gasteiger partial charge in [0.15, 0.2) is 11.2 Å². The molecule has 0 spiro atoms. The third-order valence-corrected chi connectivity index (χ3v) is 11.3. The Balaban J connectivity index is 1.09. The normalized spacial score (nSPS) is 18.5. The van der Waals surface area contributed by atoms with Crippen molar-refractivity contribution < 1.29 is 37.8 Å². The van der Waals surface area contributed by atoms with E-state index in [9.17, 15) is 19.5 Å². The van der Waals surface area contributed by atoms with Crippen LogP contribution < -0.4 is 15.5 Å². The molecule has 15 nitrogen and oxygen atoms in total. The van der Waals surface area contributed by atoms with Crippen LogP contribution in [0.4, 0.5) is 10.5 Å². The molecule has 15 heteroatoms. The second-order valence-corrected chi connectivity index (χ2v) is 16.1. The largest absolute Gasteiger partial charge is 0.453 e. The SMILES string of the molecule is COC(=O)N[C@H](C(=O)N1CCC[C@H]1c1nc2cc(CN(Cc3ccc4oc([C@@H]5CCCN5C(=O)[C@@H](NC(O)OC)C(C)C)nc4c3)c3ccccc3)ccc2o1)C(C)C. The molecule has 2 aliphatic rings. The smallest absolute Gasteiger partial charge is 0.407 e. The van der Waals surface area contributed by atoms with Gasteiger partial charge in [-0.3, -0.25) is 14.9 Å². The molecule has 5 atom stereocenters. The van der Waals surface area contributed by atoms with Crippen molar-refractivity contribution in [1.82, 2.24) is 30.4 Å². The molecule has 3 amide bonds. The van der Waals surface area contributed by atoms with E-state index in [1.807, 2.05) is 82.3 Å². The van der Waals surface area contributed by atoms with Crippen LogP contribution in [0.5, 0.6) is 0 Å². The summed E-state index contributed by atoms with van der Waals surface area (Å²) >= 11 is 0. The zero-order chi connectivity index (χ0) is 41.8. The second kappa shape index (κ2) is 18.2. The molecule has 2 fully saturated rings. The van der Waals surface area contributed by atoms with Crippen LogP contribution in [0.3, 0.4) is 0 Å². The first-order valence-electron chi connectivity index (χ1n) is 20.4. The first-order chi connectivity index (χ1) is 28.4. The van der Waals surface area contributed by atoms with Crippen LogP contribution in [0.1, 0.15) is 88.4 Å². The molecule has 2 aromatic heterocycles. The Hall–Kier alpha value is -5.51. The number of oxazole rings is 2. The van der Waals surface area contributed by atoms with Crippen molar-refractivity contribution in [3.05, 3.63) is 89.6 Å². The highest BCUT2D eigenvalue weighted by Gasteiger charge is 2.40. The quantitative estimate of drug-likeness (QED) is 0.0992. The first kappa shape index (κ1) is 41.6. The van der Waals surface area contributed by atoms with Gasteiger partial charge in [-0.25, -0.2) is 14.8 Å². The number of hydrogen-bond acceptors (Lipinski definition) is 12. The van der Waals surface area contributed by atoms with Crippen molar-refractivity contribution >= 4 is 45.8 Å². The number of ether oxygens (including phenoxy) is 2. The van der Waals surface area contributed by atoms with Crippen molar-refractivity contribution in [2.75, 3.05) is 32.2 Å². The van der Waals surface area contributed by atoms with Crippen molar-refractivity contribution in [3.8, 4) is 0 Å². The van der Waals surface area contributed by atoms with E-state index in [1.54, 1.807) is 9.80 Å². The van der Waals surface area contributed by atoms with Crippen molar-refractivity contribution in [2.24, 2.45) is 11.8 Å². The monoisotopic (exact) mass is 809 g/mol. The summed E-state index contributed by atoms with van der Waals surface area (Å²) in [4.78, 5) is 55.1. The number of hydrogen-bond donors (Lipinski definition) is 3. The summed E-state index contributed by atoms with van der Waals surface area (Å²) in [5.41, 5.74) is 5.83. The van der Waals surface area contributed by atoms with Crippen LogP contribution in [0, 0.1) is 11.8 Å². The standard InChI is InChI=1S/C44H55N7O8/c1-26(2)37(47-43(54)56-5)41(52)50-20-10-14-33(50)39-45-31-22-28(16-18-35(31)58-39)24-49(30-12-8-7-9-13-30)25-29-17-19-36-32(23-29)46-40(59-36)34-15-11-21-51(34)42(53)38(27(3)4)48-44(55)57-6/h7-9,12-13,16-19,22-23,26-27,33-34,37-38,43,47,54H,10-11,14-15,20-21,24-25H2,1-6H3,(H,48,55)/t33-,34-,37-,38-,43?/m0/s1. The number of methoxy groups -OCH3 is 2.